The smallest absolute Gasteiger partial charge is 0.183 e. The van der Waals surface area contributed by atoms with Gasteiger partial charge in [-0.1, -0.05) is 46.9 Å². The molecule has 3 aromatic rings. The number of nitrogens with zero attached hydrogens (tertiary/aromatic N) is 4. The van der Waals surface area contributed by atoms with Crippen molar-refractivity contribution in [2.75, 3.05) is 0 Å². The number of halogens is 4. The van der Waals surface area contributed by atoms with E-state index >= 15 is 0 Å². The molecule has 0 saturated carbocycles. The molecule has 0 atom stereocenters. The van der Waals surface area contributed by atoms with Gasteiger partial charge in [-0.05, 0) is 40.3 Å². The van der Waals surface area contributed by atoms with Crippen molar-refractivity contribution in [3.05, 3.63) is 62.8 Å². The summed E-state index contributed by atoms with van der Waals surface area (Å²) in [6, 6.07) is 9.36. The van der Waals surface area contributed by atoms with Gasteiger partial charge in [0.15, 0.2) is 5.82 Å². The lowest BCUT2D eigenvalue weighted by Crippen LogP contribution is -2.05. The van der Waals surface area contributed by atoms with Crippen molar-refractivity contribution in [2.24, 2.45) is 0 Å². The molecule has 0 fully saturated rings. The molecular formula is C14H8Cl3FN4. The highest BCUT2D eigenvalue weighted by Gasteiger charge is 2.15. The molecule has 1 heterocycles. The Morgan fingerprint density at radius 2 is 1.86 bits per heavy atom. The first-order valence-corrected chi connectivity index (χ1v) is 7.34. The predicted octanol–water partition coefficient (Wildman–Crippen LogP) is 4.49. The van der Waals surface area contributed by atoms with Crippen LogP contribution in [0.3, 0.4) is 0 Å². The third-order valence-electron chi connectivity index (χ3n) is 3.06. The van der Waals surface area contributed by atoms with E-state index in [-0.39, 0.29) is 6.54 Å². The van der Waals surface area contributed by atoms with Crippen LogP contribution in [0.25, 0.3) is 11.4 Å². The van der Waals surface area contributed by atoms with E-state index in [4.69, 9.17) is 34.8 Å². The Hall–Kier alpha value is -1.69. The fourth-order valence-electron chi connectivity index (χ4n) is 1.99. The van der Waals surface area contributed by atoms with Crippen molar-refractivity contribution in [3.8, 4) is 11.4 Å². The minimum Gasteiger partial charge on any atom is -0.221 e. The monoisotopic (exact) mass is 356 g/mol. The fourth-order valence-corrected chi connectivity index (χ4v) is 2.60. The zero-order valence-electron chi connectivity index (χ0n) is 11.0. The average molecular weight is 358 g/mol. The Balaban J connectivity index is 2.01. The van der Waals surface area contributed by atoms with E-state index < -0.39 is 5.82 Å². The van der Waals surface area contributed by atoms with Crippen molar-refractivity contribution in [1.82, 2.24) is 20.2 Å². The van der Waals surface area contributed by atoms with Crippen LogP contribution in [0.2, 0.25) is 15.1 Å². The van der Waals surface area contributed by atoms with Gasteiger partial charge < -0.3 is 0 Å². The number of hydrogen-bond acceptors (Lipinski definition) is 3. The van der Waals surface area contributed by atoms with Crippen LogP contribution < -0.4 is 0 Å². The minimum atomic E-state index is -0.399. The van der Waals surface area contributed by atoms with Crippen LogP contribution in [0.15, 0.2) is 36.4 Å². The van der Waals surface area contributed by atoms with E-state index in [1.54, 1.807) is 24.3 Å². The van der Waals surface area contributed by atoms with Crippen LogP contribution >= 0.6 is 34.8 Å². The predicted molar refractivity (Wildman–Crippen MR) is 83.8 cm³/mol. The SMILES string of the molecule is Fc1ccc(Cn2nnnc2-c2cccc(Cl)c2Cl)c(Cl)c1. The van der Waals surface area contributed by atoms with Gasteiger partial charge in [-0.2, -0.15) is 0 Å². The van der Waals surface area contributed by atoms with Crippen LogP contribution in [-0.2, 0) is 6.54 Å². The Bertz CT molecular complexity index is 835. The molecule has 22 heavy (non-hydrogen) atoms. The molecule has 0 aliphatic rings. The Morgan fingerprint density at radius 1 is 1.05 bits per heavy atom. The van der Waals surface area contributed by atoms with Crippen LogP contribution in [0.5, 0.6) is 0 Å². The Kier molecular flexibility index (Phi) is 4.29. The van der Waals surface area contributed by atoms with Gasteiger partial charge >= 0.3 is 0 Å². The minimum absolute atomic E-state index is 0.282. The van der Waals surface area contributed by atoms with Crippen molar-refractivity contribution in [1.29, 1.82) is 0 Å². The van der Waals surface area contributed by atoms with E-state index in [0.29, 0.717) is 32.0 Å². The Labute approximate surface area is 140 Å². The fraction of sp³-hybridized carbons (Fsp3) is 0.0714. The first-order chi connectivity index (χ1) is 10.6. The normalized spacial score (nSPS) is 10.9. The molecule has 0 aliphatic heterocycles. The first kappa shape index (κ1) is 15.2. The molecule has 0 bridgehead atoms. The van der Waals surface area contributed by atoms with Crippen LogP contribution in [-0.4, -0.2) is 20.2 Å². The van der Waals surface area contributed by atoms with E-state index in [0.717, 1.165) is 0 Å². The maximum atomic E-state index is 13.1. The van der Waals surface area contributed by atoms with Crippen molar-refractivity contribution in [2.45, 2.75) is 6.54 Å². The molecule has 2 aromatic carbocycles. The summed E-state index contributed by atoms with van der Waals surface area (Å²) in [6.45, 7) is 0.282. The van der Waals surface area contributed by atoms with Crippen molar-refractivity contribution < 1.29 is 4.39 Å². The summed E-state index contributed by atoms with van der Waals surface area (Å²) in [5.41, 5.74) is 1.30. The standard InChI is InChI=1S/C14H8Cl3FN4/c15-11-3-1-2-10(13(11)17)14-19-20-21-22(14)7-8-4-5-9(18)6-12(8)16/h1-6H,7H2. The number of tetrazole rings is 1. The summed E-state index contributed by atoms with van der Waals surface area (Å²) >= 11 is 18.2. The number of aromatic nitrogens is 4. The first-order valence-electron chi connectivity index (χ1n) is 6.20. The molecule has 0 saturated heterocycles. The van der Waals surface area contributed by atoms with Crippen LogP contribution in [0.4, 0.5) is 4.39 Å². The van der Waals surface area contributed by atoms with E-state index in [2.05, 4.69) is 15.5 Å². The summed E-state index contributed by atoms with van der Waals surface area (Å²) in [5.74, 6) is 0.0523. The highest BCUT2D eigenvalue weighted by molar-refractivity contribution is 6.43. The molecule has 3 rings (SSSR count). The molecule has 0 amide bonds. The average Bonchev–Trinajstić information content (AvgIpc) is 2.93. The maximum Gasteiger partial charge on any atom is 0.183 e. The van der Waals surface area contributed by atoms with Crippen LogP contribution in [0.1, 0.15) is 5.56 Å². The number of hydrogen-bond donors (Lipinski definition) is 0. The van der Waals surface area contributed by atoms with Gasteiger partial charge in [0.05, 0.1) is 16.6 Å². The lowest BCUT2D eigenvalue weighted by molar-refractivity contribution is 0.622. The molecule has 8 heteroatoms. The maximum absolute atomic E-state index is 13.1. The summed E-state index contributed by atoms with van der Waals surface area (Å²) in [6.07, 6.45) is 0. The van der Waals surface area contributed by atoms with Gasteiger partial charge in [0.1, 0.15) is 5.82 Å². The molecule has 112 valence electrons. The van der Waals surface area contributed by atoms with E-state index in [1.165, 1.54) is 16.8 Å². The lowest BCUT2D eigenvalue weighted by atomic mass is 10.2. The summed E-state index contributed by atoms with van der Waals surface area (Å²) < 4.78 is 14.6. The van der Waals surface area contributed by atoms with Gasteiger partial charge in [0, 0.05) is 10.6 Å². The topological polar surface area (TPSA) is 43.6 Å². The molecule has 0 aliphatic carbocycles. The largest absolute Gasteiger partial charge is 0.221 e. The third-order valence-corrected chi connectivity index (χ3v) is 4.23. The highest BCUT2D eigenvalue weighted by Crippen LogP contribution is 2.32. The molecule has 0 spiro atoms. The van der Waals surface area contributed by atoms with Gasteiger partial charge in [-0.15, -0.1) is 5.10 Å². The molecule has 0 N–H and O–H groups in total. The summed E-state index contributed by atoms with van der Waals surface area (Å²) in [5, 5.41) is 12.6. The molecule has 0 unspecified atom stereocenters. The number of benzene rings is 2. The molecule has 0 radical (unpaired) electrons. The third kappa shape index (κ3) is 2.92. The zero-order valence-corrected chi connectivity index (χ0v) is 13.2. The van der Waals surface area contributed by atoms with Gasteiger partial charge in [0.25, 0.3) is 0 Å². The Morgan fingerprint density at radius 3 is 2.64 bits per heavy atom. The second-order valence-electron chi connectivity index (χ2n) is 4.50. The second kappa shape index (κ2) is 6.20. The summed E-state index contributed by atoms with van der Waals surface area (Å²) in [7, 11) is 0. The lowest BCUT2D eigenvalue weighted by Gasteiger charge is -2.08. The van der Waals surface area contributed by atoms with Gasteiger partial charge in [-0.3, -0.25) is 0 Å². The van der Waals surface area contributed by atoms with E-state index in [9.17, 15) is 4.39 Å². The van der Waals surface area contributed by atoms with E-state index in [1.807, 2.05) is 0 Å². The van der Waals surface area contributed by atoms with Gasteiger partial charge in [-0.25, -0.2) is 9.07 Å². The molecule has 1 aromatic heterocycles. The molecular weight excluding hydrogens is 350 g/mol. The second-order valence-corrected chi connectivity index (χ2v) is 5.69. The van der Waals surface area contributed by atoms with Crippen molar-refractivity contribution >= 4 is 34.8 Å². The molecule has 4 nitrogen and oxygen atoms in total. The highest BCUT2D eigenvalue weighted by atomic mass is 35.5. The quantitative estimate of drug-likeness (QED) is 0.694. The zero-order chi connectivity index (χ0) is 15.7. The van der Waals surface area contributed by atoms with Crippen molar-refractivity contribution in [3.63, 3.8) is 0 Å². The number of rotatable bonds is 3. The van der Waals surface area contributed by atoms with Crippen LogP contribution in [0, 0.1) is 5.82 Å². The van der Waals surface area contributed by atoms with Gasteiger partial charge in [0.2, 0.25) is 0 Å². The summed E-state index contributed by atoms with van der Waals surface area (Å²) in [4.78, 5) is 0.